The molecule has 0 radical (unpaired) electrons. The lowest BCUT2D eigenvalue weighted by atomic mass is 10.3. The van der Waals surface area contributed by atoms with E-state index in [0.29, 0.717) is 14.7 Å². The Morgan fingerprint density at radius 1 is 1.27 bits per heavy atom. The second kappa shape index (κ2) is 5.98. The molecule has 0 atom stereocenters. The number of methoxy groups -OCH3 is 1. The molecule has 0 heterocycles. The molecule has 0 amide bonds. The lowest BCUT2D eigenvalue weighted by Crippen LogP contribution is -2.14. The average Bonchev–Trinajstić information content (AvgIpc) is 2.11. The summed E-state index contributed by atoms with van der Waals surface area (Å²) in [6, 6.07) is 3.58. The van der Waals surface area contributed by atoms with Crippen LogP contribution >= 0.6 is 47.8 Å². The Kier molecular flexibility index (Phi) is 5.25. The molecule has 0 aliphatic carbocycles. The van der Waals surface area contributed by atoms with Gasteiger partial charge in [-0.15, -0.1) is 0 Å². The van der Waals surface area contributed by atoms with Crippen molar-refractivity contribution in [3.8, 4) is 5.75 Å². The van der Waals surface area contributed by atoms with Crippen LogP contribution in [0.3, 0.4) is 0 Å². The van der Waals surface area contributed by atoms with Gasteiger partial charge in [0.2, 0.25) is 0 Å². The fraction of sp³-hybridized carbons (Fsp3) is 0.222. The van der Waals surface area contributed by atoms with Crippen molar-refractivity contribution in [2.45, 2.75) is 0 Å². The van der Waals surface area contributed by atoms with Gasteiger partial charge in [0.05, 0.1) is 8.95 Å². The summed E-state index contributed by atoms with van der Waals surface area (Å²) < 4.78 is 12.0. The first-order valence-corrected chi connectivity index (χ1v) is 6.26. The van der Waals surface area contributed by atoms with Crippen LogP contribution < -0.4 is 4.74 Å². The minimum Gasteiger partial charge on any atom is -0.422 e. The van der Waals surface area contributed by atoms with Crippen LogP contribution in [0.5, 0.6) is 5.75 Å². The molecule has 1 rings (SSSR count). The van der Waals surface area contributed by atoms with Crippen molar-refractivity contribution in [2.75, 3.05) is 13.7 Å². The van der Waals surface area contributed by atoms with Crippen LogP contribution in [0.2, 0.25) is 0 Å². The van der Waals surface area contributed by atoms with Crippen molar-refractivity contribution < 1.29 is 14.3 Å². The fourth-order valence-corrected chi connectivity index (χ4v) is 3.31. The zero-order valence-corrected chi connectivity index (χ0v) is 12.5. The van der Waals surface area contributed by atoms with Gasteiger partial charge in [0.15, 0.2) is 5.75 Å². The summed E-state index contributed by atoms with van der Waals surface area (Å²) in [5.41, 5.74) is 0. The second-order valence-corrected chi connectivity index (χ2v) is 5.23. The molecule has 0 fully saturated rings. The summed E-state index contributed by atoms with van der Waals surface area (Å²) >= 11 is 9.92. The molecule has 3 nitrogen and oxygen atoms in total. The van der Waals surface area contributed by atoms with E-state index in [1.54, 1.807) is 12.1 Å². The number of carbonyl (C=O) groups is 1. The molecule has 0 saturated carbocycles. The van der Waals surface area contributed by atoms with Gasteiger partial charge in [-0.25, -0.2) is 4.79 Å². The van der Waals surface area contributed by atoms with E-state index >= 15 is 0 Å². The Morgan fingerprint density at radius 3 is 2.27 bits per heavy atom. The highest BCUT2D eigenvalue weighted by atomic mass is 79.9. The average molecular weight is 403 g/mol. The largest absolute Gasteiger partial charge is 0.422 e. The first kappa shape index (κ1) is 13.2. The van der Waals surface area contributed by atoms with Gasteiger partial charge < -0.3 is 9.47 Å². The van der Waals surface area contributed by atoms with Crippen molar-refractivity contribution in [3.05, 3.63) is 25.6 Å². The summed E-state index contributed by atoms with van der Waals surface area (Å²) in [5, 5.41) is 0. The third-order valence-electron chi connectivity index (χ3n) is 1.44. The van der Waals surface area contributed by atoms with E-state index in [2.05, 4.69) is 52.5 Å². The van der Waals surface area contributed by atoms with Gasteiger partial charge in [-0.3, -0.25) is 0 Å². The number of benzene rings is 1. The Balaban J connectivity index is 2.90. The van der Waals surface area contributed by atoms with E-state index in [0.717, 1.165) is 4.47 Å². The molecule has 0 aliphatic heterocycles. The van der Waals surface area contributed by atoms with Gasteiger partial charge in [0.25, 0.3) is 0 Å². The van der Waals surface area contributed by atoms with Crippen LogP contribution in [0.25, 0.3) is 0 Å². The molecular formula is C9H7Br3O3. The summed E-state index contributed by atoms with van der Waals surface area (Å²) in [6.07, 6.45) is 0. The van der Waals surface area contributed by atoms with Crippen molar-refractivity contribution in [1.29, 1.82) is 0 Å². The molecule has 0 saturated heterocycles. The molecule has 6 heteroatoms. The normalized spacial score (nSPS) is 10.1. The molecule has 1 aromatic rings. The van der Waals surface area contributed by atoms with Crippen molar-refractivity contribution in [3.63, 3.8) is 0 Å². The Bertz CT molecular complexity index is 356. The van der Waals surface area contributed by atoms with Crippen molar-refractivity contribution in [1.82, 2.24) is 0 Å². The van der Waals surface area contributed by atoms with Crippen molar-refractivity contribution in [2.24, 2.45) is 0 Å². The number of ether oxygens (including phenoxy) is 2. The van der Waals surface area contributed by atoms with E-state index in [4.69, 9.17) is 4.74 Å². The smallest absolute Gasteiger partial charge is 0.337 e. The predicted octanol–water partition coefficient (Wildman–Crippen LogP) is 3.53. The molecule has 0 spiro atoms. The zero-order chi connectivity index (χ0) is 11.4. The van der Waals surface area contributed by atoms with Crippen LogP contribution in [0.15, 0.2) is 25.6 Å². The van der Waals surface area contributed by atoms with E-state index < -0.39 is 5.97 Å². The zero-order valence-electron chi connectivity index (χ0n) is 7.72. The fourth-order valence-electron chi connectivity index (χ4n) is 0.888. The van der Waals surface area contributed by atoms with Crippen LogP contribution in [0.4, 0.5) is 0 Å². The summed E-state index contributed by atoms with van der Waals surface area (Å²) in [4.78, 5) is 11.2. The lowest BCUT2D eigenvalue weighted by molar-refractivity contribution is -0.138. The van der Waals surface area contributed by atoms with E-state index in [-0.39, 0.29) is 6.61 Å². The Labute approximate surface area is 113 Å². The minimum atomic E-state index is -0.443. The number of hydrogen-bond acceptors (Lipinski definition) is 3. The number of esters is 1. The van der Waals surface area contributed by atoms with Crippen molar-refractivity contribution >= 4 is 53.8 Å². The molecule has 0 unspecified atom stereocenters. The highest BCUT2D eigenvalue weighted by Crippen LogP contribution is 2.36. The molecule has 82 valence electrons. The van der Waals surface area contributed by atoms with Crippen LogP contribution in [0.1, 0.15) is 0 Å². The van der Waals surface area contributed by atoms with E-state index in [1.807, 2.05) is 0 Å². The second-order valence-electron chi connectivity index (χ2n) is 2.61. The van der Waals surface area contributed by atoms with E-state index in [1.165, 1.54) is 7.11 Å². The molecule has 0 bridgehead atoms. The maximum atomic E-state index is 11.2. The standard InChI is InChI=1S/C9H7Br3O3/c1-14-4-8(13)15-9-6(11)2-5(10)3-7(9)12/h2-3H,4H2,1H3. The molecule has 15 heavy (non-hydrogen) atoms. The quantitative estimate of drug-likeness (QED) is 0.573. The molecule has 0 aliphatic rings. The summed E-state index contributed by atoms with van der Waals surface area (Å²) in [5.74, 6) is 0.00136. The van der Waals surface area contributed by atoms with E-state index in [9.17, 15) is 4.79 Å². The highest BCUT2D eigenvalue weighted by molar-refractivity contribution is 9.11. The van der Waals surface area contributed by atoms with Gasteiger partial charge in [-0.05, 0) is 44.0 Å². The molecule has 0 N–H and O–H groups in total. The maximum absolute atomic E-state index is 11.2. The number of carbonyl (C=O) groups excluding carboxylic acids is 1. The van der Waals surface area contributed by atoms with Gasteiger partial charge in [0, 0.05) is 11.6 Å². The highest BCUT2D eigenvalue weighted by Gasteiger charge is 2.12. The number of halogens is 3. The predicted molar refractivity (Wildman–Crippen MR) is 67.1 cm³/mol. The third-order valence-corrected chi connectivity index (χ3v) is 3.08. The summed E-state index contributed by atoms with van der Waals surface area (Å²) in [7, 11) is 1.44. The topological polar surface area (TPSA) is 35.5 Å². The van der Waals surface area contributed by atoms with Crippen LogP contribution in [-0.2, 0) is 9.53 Å². The first-order chi connectivity index (χ1) is 7.04. The molecule has 1 aromatic carbocycles. The van der Waals surface area contributed by atoms with Gasteiger partial charge in [0.1, 0.15) is 6.61 Å². The SMILES string of the molecule is COCC(=O)Oc1c(Br)cc(Br)cc1Br. The molecule has 0 aromatic heterocycles. The lowest BCUT2D eigenvalue weighted by Gasteiger charge is -2.08. The molecular weight excluding hydrogens is 396 g/mol. The summed E-state index contributed by atoms with van der Waals surface area (Å²) in [6.45, 7) is -0.0745. The van der Waals surface area contributed by atoms with Crippen LogP contribution in [-0.4, -0.2) is 19.7 Å². The van der Waals surface area contributed by atoms with Gasteiger partial charge in [-0.1, -0.05) is 15.9 Å². The minimum absolute atomic E-state index is 0.0745. The third kappa shape index (κ3) is 3.86. The number of hydrogen-bond donors (Lipinski definition) is 0. The maximum Gasteiger partial charge on any atom is 0.337 e. The first-order valence-electron chi connectivity index (χ1n) is 3.88. The number of rotatable bonds is 3. The van der Waals surface area contributed by atoms with Crippen LogP contribution in [0, 0.1) is 0 Å². The van der Waals surface area contributed by atoms with Gasteiger partial charge in [-0.2, -0.15) is 0 Å². The van der Waals surface area contributed by atoms with Gasteiger partial charge >= 0.3 is 5.97 Å². The Morgan fingerprint density at radius 2 is 1.80 bits per heavy atom. The Hall–Kier alpha value is 0.0900. The monoisotopic (exact) mass is 400 g/mol.